The normalized spacial score (nSPS) is 11.3. The van der Waals surface area contributed by atoms with Crippen molar-refractivity contribution in [3.05, 3.63) is 209 Å². The van der Waals surface area contributed by atoms with Crippen molar-refractivity contribution in [1.29, 1.82) is 0 Å². The summed E-state index contributed by atoms with van der Waals surface area (Å²) in [5.41, 5.74) is 6.97. The lowest BCUT2D eigenvalue weighted by Gasteiger charge is -2.22. The molecule has 304 valence electrons. The van der Waals surface area contributed by atoms with Gasteiger partial charge >= 0.3 is 0 Å². The Kier molecular flexibility index (Phi) is 15.3. The van der Waals surface area contributed by atoms with E-state index in [0.29, 0.717) is 18.2 Å². The number of anilines is 1. The second kappa shape index (κ2) is 21.8. The predicted octanol–water partition coefficient (Wildman–Crippen LogP) is 10.7. The fourth-order valence-corrected chi connectivity index (χ4v) is 7.45. The first-order valence-corrected chi connectivity index (χ1v) is 21.0. The monoisotopic (exact) mass is 812 g/mol. The van der Waals surface area contributed by atoms with Gasteiger partial charge < -0.3 is 10.2 Å². The average Bonchev–Trinajstić information content (AvgIpc) is 3.27. The molecule has 0 radical (unpaired) electrons. The Morgan fingerprint density at radius 1 is 0.433 bits per heavy atom. The summed E-state index contributed by atoms with van der Waals surface area (Å²) in [5.74, 6) is 2.51. The lowest BCUT2D eigenvalue weighted by atomic mass is 10.1. The van der Waals surface area contributed by atoms with Gasteiger partial charge in [-0.3, -0.25) is 9.80 Å². The van der Waals surface area contributed by atoms with E-state index >= 15 is 0 Å². The minimum Gasteiger partial charge on any atom is -0.369 e. The molecule has 0 amide bonds. The summed E-state index contributed by atoms with van der Waals surface area (Å²) in [6.07, 6.45) is 1.06. The highest BCUT2D eigenvalue weighted by molar-refractivity contribution is 6.34. The lowest BCUT2D eigenvalue weighted by molar-refractivity contribution is 0.241. The molecule has 0 saturated carbocycles. The number of aromatic nitrogens is 4. The summed E-state index contributed by atoms with van der Waals surface area (Å²) in [4.78, 5) is 26.1. The van der Waals surface area contributed by atoms with Crippen molar-refractivity contribution in [1.82, 2.24) is 34.6 Å². The maximum Gasteiger partial charge on any atom is 0.145 e. The highest BCUT2D eigenvalue weighted by Crippen LogP contribution is 2.23. The molecule has 0 aliphatic rings. The molecule has 2 heterocycles. The van der Waals surface area contributed by atoms with Crippen molar-refractivity contribution >= 4 is 39.2 Å². The number of halogens is 1. The van der Waals surface area contributed by atoms with Crippen molar-refractivity contribution in [3.8, 4) is 0 Å². The Labute approximate surface area is 359 Å². The van der Waals surface area contributed by atoms with Gasteiger partial charge in [-0.2, -0.15) is 0 Å². The number of nitrogens with zero attached hydrogens (tertiary/aromatic N) is 7. The summed E-state index contributed by atoms with van der Waals surface area (Å²) >= 11 is 6.40. The van der Waals surface area contributed by atoms with Crippen LogP contribution in [0.5, 0.6) is 0 Å². The Hall–Kier alpha value is -6.03. The molecule has 0 aliphatic heterocycles. The first-order chi connectivity index (χ1) is 29.4. The smallest absolute Gasteiger partial charge is 0.145 e. The van der Waals surface area contributed by atoms with Gasteiger partial charge in [0.25, 0.3) is 0 Å². The first-order valence-electron chi connectivity index (χ1n) is 20.6. The van der Waals surface area contributed by atoms with Gasteiger partial charge in [0.1, 0.15) is 22.6 Å². The number of nitrogens with one attached hydrogen (secondary N) is 1. The number of hydrogen-bond acceptors (Lipinski definition) is 8. The van der Waals surface area contributed by atoms with E-state index in [2.05, 4.69) is 160 Å². The minimum absolute atomic E-state index is 0.509. The van der Waals surface area contributed by atoms with Crippen molar-refractivity contribution in [2.75, 3.05) is 32.5 Å². The third-order valence-corrected chi connectivity index (χ3v) is 10.3. The number of benzene rings is 6. The van der Waals surface area contributed by atoms with Gasteiger partial charge in [0.15, 0.2) is 0 Å². The van der Waals surface area contributed by atoms with Crippen LogP contribution in [0.15, 0.2) is 170 Å². The van der Waals surface area contributed by atoms with Crippen LogP contribution in [-0.2, 0) is 39.3 Å². The molecular weight excluding hydrogens is 760 g/mol. The summed E-state index contributed by atoms with van der Waals surface area (Å²) in [6, 6.07) is 58.3. The summed E-state index contributed by atoms with van der Waals surface area (Å²) < 4.78 is 0. The first kappa shape index (κ1) is 42.1. The van der Waals surface area contributed by atoms with Crippen molar-refractivity contribution < 1.29 is 0 Å². The minimum atomic E-state index is 0.509. The van der Waals surface area contributed by atoms with Gasteiger partial charge in [0.2, 0.25) is 0 Å². The van der Waals surface area contributed by atoms with E-state index in [9.17, 15) is 0 Å². The Balaban J connectivity index is 0.000000185. The van der Waals surface area contributed by atoms with E-state index in [1.165, 1.54) is 22.3 Å². The van der Waals surface area contributed by atoms with E-state index in [0.717, 1.165) is 85.0 Å². The molecule has 0 spiro atoms. The second-order valence-electron chi connectivity index (χ2n) is 15.3. The van der Waals surface area contributed by atoms with E-state index in [1.54, 1.807) is 0 Å². The van der Waals surface area contributed by atoms with E-state index < -0.39 is 0 Å². The van der Waals surface area contributed by atoms with E-state index in [4.69, 9.17) is 26.6 Å². The Bertz CT molecular complexity index is 2420. The molecule has 1 N–H and O–H groups in total. The quantitative estimate of drug-likeness (QED) is 0.0720. The number of fused-ring (bicyclic) bond motifs is 2. The molecule has 2 aromatic heterocycles. The van der Waals surface area contributed by atoms with Gasteiger partial charge in [0.05, 0.1) is 24.1 Å². The van der Waals surface area contributed by atoms with Crippen LogP contribution < -0.4 is 5.32 Å². The largest absolute Gasteiger partial charge is 0.369 e. The van der Waals surface area contributed by atoms with Gasteiger partial charge in [-0.05, 0) is 73.6 Å². The molecule has 0 aliphatic carbocycles. The van der Waals surface area contributed by atoms with Crippen LogP contribution in [0.4, 0.5) is 5.82 Å². The van der Waals surface area contributed by atoms with Crippen LogP contribution in [0.25, 0.3) is 21.8 Å². The van der Waals surface area contributed by atoms with Crippen LogP contribution in [0.2, 0.25) is 5.15 Å². The molecule has 0 saturated heterocycles. The number of hydrogen-bond donors (Lipinski definition) is 1. The third kappa shape index (κ3) is 12.7. The van der Waals surface area contributed by atoms with E-state index in [-0.39, 0.29) is 0 Å². The molecule has 9 heteroatoms. The zero-order valence-corrected chi connectivity index (χ0v) is 35.3. The fraction of sp³-hybridized carbons (Fsp3) is 0.216. The molecule has 0 atom stereocenters. The zero-order valence-electron chi connectivity index (χ0n) is 34.5. The summed E-state index contributed by atoms with van der Waals surface area (Å²) in [5, 5.41) is 6.03. The van der Waals surface area contributed by atoms with Gasteiger partial charge in [0, 0.05) is 43.5 Å². The topological polar surface area (TPSA) is 73.3 Å². The van der Waals surface area contributed by atoms with Crippen LogP contribution in [0.1, 0.15) is 40.3 Å². The zero-order chi connectivity index (χ0) is 41.4. The molecule has 0 bridgehead atoms. The maximum atomic E-state index is 6.40. The Morgan fingerprint density at radius 2 is 0.817 bits per heavy atom. The van der Waals surface area contributed by atoms with Gasteiger partial charge in [-0.15, -0.1) is 0 Å². The van der Waals surface area contributed by atoms with Crippen molar-refractivity contribution in [2.24, 2.45) is 0 Å². The van der Waals surface area contributed by atoms with Crippen LogP contribution >= 0.6 is 11.6 Å². The fourth-order valence-electron chi connectivity index (χ4n) is 7.19. The molecule has 60 heavy (non-hydrogen) atoms. The van der Waals surface area contributed by atoms with E-state index in [1.807, 2.05) is 48.5 Å². The molecule has 0 unspecified atom stereocenters. The second-order valence-corrected chi connectivity index (χ2v) is 15.6. The molecule has 8 aromatic rings. The predicted molar refractivity (Wildman–Crippen MR) is 247 cm³/mol. The third-order valence-electron chi connectivity index (χ3n) is 10.1. The molecule has 6 aromatic carbocycles. The molecule has 8 rings (SSSR count). The molecule has 0 fully saturated rings. The SMILES string of the molecule is CN(C)CCCNc1nc(CN(Cc2ccccc2)Cc2ccccc2)nc2ccccc12.Clc1nc(CN(Cc2ccccc2)Cc2ccccc2)nc2ccccc12. The highest BCUT2D eigenvalue weighted by Gasteiger charge is 2.15. The van der Waals surface area contributed by atoms with Gasteiger partial charge in [-0.1, -0.05) is 157 Å². The lowest BCUT2D eigenvalue weighted by Crippen LogP contribution is -2.24. The van der Waals surface area contributed by atoms with Crippen molar-refractivity contribution in [3.63, 3.8) is 0 Å². The number of para-hydroxylation sites is 2. The van der Waals surface area contributed by atoms with Gasteiger partial charge in [-0.25, -0.2) is 19.9 Å². The van der Waals surface area contributed by atoms with Crippen LogP contribution in [0, 0.1) is 0 Å². The average molecular weight is 813 g/mol. The highest BCUT2D eigenvalue weighted by atomic mass is 35.5. The summed E-state index contributed by atoms with van der Waals surface area (Å²) in [6.45, 7) is 6.58. The van der Waals surface area contributed by atoms with Crippen LogP contribution in [-0.4, -0.2) is 61.8 Å². The summed E-state index contributed by atoms with van der Waals surface area (Å²) in [7, 11) is 4.21. The molecular formula is C51H53ClN8. The van der Waals surface area contributed by atoms with Crippen molar-refractivity contribution in [2.45, 2.75) is 45.7 Å². The molecule has 8 nitrogen and oxygen atoms in total. The standard InChI is InChI=1S/C28H33N5.C23H20ClN3/c1-32(2)19-11-18-29-28-25-16-9-10-17-26(25)30-27(31-28)22-33(20-23-12-5-3-6-13-23)21-24-14-7-4-8-15-24;24-23-20-13-7-8-14-21(20)25-22(26-23)17-27(15-18-9-3-1-4-10-18)16-19-11-5-2-6-12-19/h3-10,12-17H,11,18-22H2,1-2H3,(H,29,30,31);1-14H,15-17H2. The number of rotatable bonds is 17. The van der Waals surface area contributed by atoms with Crippen LogP contribution in [0.3, 0.4) is 0 Å². The Morgan fingerprint density at radius 3 is 1.27 bits per heavy atom. The maximum absolute atomic E-state index is 6.40.